The fraction of sp³-hybridized carbons (Fsp3) is 0.545. The minimum Gasteiger partial charge on any atom is -0.469 e. The summed E-state index contributed by atoms with van der Waals surface area (Å²) in [6, 6.07) is 3.72. The lowest BCUT2D eigenvalue weighted by Gasteiger charge is -2.03. The van der Waals surface area contributed by atoms with Gasteiger partial charge in [0.15, 0.2) is 0 Å². The third-order valence-electron chi connectivity index (χ3n) is 2.10. The smallest absolute Gasteiger partial charge is 0.220 e. The predicted octanol–water partition coefficient (Wildman–Crippen LogP) is 0.938. The molecule has 1 amide bonds. The van der Waals surface area contributed by atoms with E-state index in [1.807, 2.05) is 19.2 Å². The highest BCUT2D eigenvalue weighted by Crippen LogP contribution is 2.02. The summed E-state index contributed by atoms with van der Waals surface area (Å²) in [5, 5.41) is 5.89. The second-order valence-electron chi connectivity index (χ2n) is 3.39. The molecule has 0 fully saturated rings. The zero-order chi connectivity index (χ0) is 10.9. The van der Waals surface area contributed by atoms with Crippen LogP contribution in [0.15, 0.2) is 22.8 Å². The molecule has 15 heavy (non-hydrogen) atoms. The van der Waals surface area contributed by atoms with Crippen molar-refractivity contribution in [3.63, 3.8) is 0 Å². The third kappa shape index (κ3) is 5.22. The Bertz CT molecular complexity index is 270. The first-order chi connectivity index (χ1) is 7.33. The largest absolute Gasteiger partial charge is 0.469 e. The van der Waals surface area contributed by atoms with Crippen molar-refractivity contribution >= 4 is 5.91 Å². The molecule has 4 nitrogen and oxygen atoms in total. The fourth-order valence-electron chi connectivity index (χ4n) is 1.27. The molecule has 84 valence electrons. The number of carbonyl (C=O) groups excluding carboxylic acids is 1. The maximum absolute atomic E-state index is 11.3. The summed E-state index contributed by atoms with van der Waals surface area (Å²) >= 11 is 0. The van der Waals surface area contributed by atoms with E-state index in [1.54, 1.807) is 6.26 Å². The van der Waals surface area contributed by atoms with Gasteiger partial charge in [-0.2, -0.15) is 0 Å². The van der Waals surface area contributed by atoms with Gasteiger partial charge >= 0.3 is 0 Å². The topological polar surface area (TPSA) is 54.3 Å². The minimum absolute atomic E-state index is 0.0857. The quantitative estimate of drug-likeness (QED) is 0.658. The van der Waals surface area contributed by atoms with Crippen molar-refractivity contribution < 1.29 is 9.21 Å². The standard InChI is InChI=1S/C11H18N2O2/c1-12-7-3-8-13-11(14)6-5-10-4-2-9-15-10/h2,4,9,12H,3,5-8H2,1H3,(H,13,14). The Hall–Kier alpha value is -1.29. The highest BCUT2D eigenvalue weighted by Gasteiger charge is 2.02. The number of nitrogens with one attached hydrogen (secondary N) is 2. The van der Waals surface area contributed by atoms with Gasteiger partial charge in [-0.3, -0.25) is 4.79 Å². The average Bonchev–Trinajstić information content (AvgIpc) is 2.74. The summed E-state index contributed by atoms with van der Waals surface area (Å²) in [5.41, 5.74) is 0. The molecule has 2 N–H and O–H groups in total. The van der Waals surface area contributed by atoms with E-state index in [9.17, 15) is 4.79 Å². The lowest BCUT2D eigenvalue weighted by atomic mass is 10.2. The molecule has 0 aliphatic carbocycles. The zero-order valence-electron chi connectivity index (χ0n) is 9.08. The summed E-state index contributed by atoms with van der Waals surface area (Å²) in [5.74, 6) is 0.947. The number of carbonyl (C=O) groups is 1. The molecule has 0 unspecified atom stereocenters. The van der Waals surface area contributed by atoms with Crippen LogP contribution < -0.4 is 10.6 Å². The molecule has 0 aliphatic rings. The molecule has 0 aliphatic heterocycles. The van der Waals surface area contributed by atoms with Crippen LogP contribution >= 0.6 is 0 Å². The summed E-state index contributed by atoms with van der Waals surface area (Å²) in [4.78, 5) is 11.3. The molecule has 1 heterocycles. The Morgan fingerprint density at radius 3 is 3.00 bits per heavy atom. The van der Waals surface area contributed by atoms with Gasteiger partial charge in [-0.05, 0) is 32.1 Å². The fourth-order valence-corrected chi connectivity index (χ4v) is 1.27. The highest BCUT2D eigenvalue weighted by molar-refractivity contribution is 5.75. The van der Waals surface area contributed by atoms with E-state index in [-0.39, 0.29) is 5.91 Å². The Balaban J connectivity index is 2.04. The molecule has 1 rings (SSSR count). The molecular formula is C11H18N2O2. The molecule has 0 saturated carbocycles. The van der Waals surface area contributed by atoms with Crippen LogP contribution in [0.2, 0.25) is 0 Å². The predicted molar refractivity (Wildman–Crippen MR) is 58.6 cm³/mol. The number of furan rings is 1. The summed E-state index contributed by atoms with van der Waals surface area (Å²) in [7, 11) is 1.90. The normalized spacial score (nSPS) is 10.2. The van der Waals surface area contributed by atoms with Crippen LogP contribution in [0.1, 0.15) is 18.6 Å². The molecule has 0 saturated heterocycles. The zero-order valence-corrected chi connectivity index (χ0v) is 9.08. The molecular weight excluding hydrogens is 192 g/mol. The highest BCUT2D eigenvalue weighted by atomic mass is 16.3. The van der Waals surface area contributed by atoms with Crippen molar-refractivity contribution in [1.82, 2.24) is 10.6 Å². The van der Waals surface area contributed by atoms with Gasteiger partial charge in [0, 0.05) is 19.4 Å². The molecule has 0 atom stereocenters. The van der Waals surface area contributed by atoms with E-state index in [1.165, 1.54) is 0 Å². The van der Waals surface area contributed by atoms with Crippen molar-refractivity contribution in [3.05, 3.63) is 24.2 Å². The van der Waals surface area contributed by atoms with Crippen LogP contribution in [-0.4, -0.2) is 26.0 Å². The Labute approximate surface area is 90.0 Å². The van der Waals surface area contributed by atoms with Crippen LogP contribution in [0.25, 0.3) is 0 Å². The molecule has 0 spiro atoms. The molecule has 0 aromatic carbocycles. The van der Waals surface area contributed by atoms with Gasteiger partial charge < -0.3 is 15.1 Å². The molecule has 0 bridgehead atoms. The SMILES string of the molecule is CNCCCNC(=O)CCc1ccco1. The second-order valence-corrected chi connectivity index (χ2v) is 3.39. The van der Waals surface area contributed by atoms with E-state index >= 15 is 0 Å². The number of amides is 1. The first-order valence-corrected chi connectivity index (χ1v) is 5.26. The second kappa shape index (κ2) is 7.06. The summed E-state index contributed by atoms with van der Waals surface area (Å²) in [6.07, 6.45) is 3.75. The summed E-state index contributed by atoms with van der Waals surface area (Å²) in [6.45, 7) is 1.66. The van der Waals surface area contributed by atoms with Crippen LogP contribution in [-0.2, 0) is 11.2 Å². The molecule has 1 aromatic heterocycles. The Morgan fingerprint density at radius 2 is 2.33 bits per heavy atom. The van der Waals surface area contributed by atoms with Crippen LogP contribution in [0, 0.1) is 0 Å². The first kappa shape index (κ1) is 11.8. The van der Waals surface area contributed by atoms with Crippen LogP contribution in [0.3, 0.4) is 0 Å². The summed E-state index contributed by atoms with van der Waals surface area (Å²) < 4.78 is 5.14. The third-order valence-corrected chi connectivity index (χ3v) is 2.10. The number of rotatable bonds is 7. The Morgan fingerprint density at radius 1 is 1.47 bits per heavy atom. The van der Waals surface area contributed by atoms with Crippen LogP contribution in [0.5, 0.6) is 0 Å². The van der Waals surface area contributed by atoms with Crippen molar-refractivity contribution in [2.24, 2.45) is 0 Å². The van der Waals surface area contributed by atoms with Gasteiger partial charge in [-0.15, -0.1) is 0 Å². The van der Waals surface area contributed by atoms with Gasteiger partial charge in [-0.1, -0.05) is 0 Å². The van der Waals surface area contributed by atoms with Gasteiger partial charge in [0.1, 0.15) is 5.76 Å². The van der Waals surface area contributed by atoms with Gasteiger partial charge in [0.2, 0.25) is 5.91 Å². The number of aryl methyl sites for hydroxylation is 1. The van der Waals surface area contributed by atoms with Crippen molar-refractivity contribution in [1.29, 1.82) is 0 Å². The maximum atomic E-state index is 11.3. The lowest BCUT2D eigenvalue weighted by Crippen LogP contribution is -2.26. The number of hydrogen-bond donors (Lipinski definition) is 2. The Kier molecular flexibility index (Phi) is 5.55. The van der Waals surface area contributed by atoms with Crippen molar-refractivity contribution in [3.8, 4) is 0 Å². The van der Waals surface area contributed by atoms with E-state index in [0.717, 1.165) is 25.3 Å². The van der Waals surface area contributed by atoms with Crippen molar-refractivity contribution in [2.45, 2.75) is 19.3 Å². The minimum atomic E-state index is 0.0857. The number of hydrogen-bond acceptors (Lipinski definition) is 3. The monoisotopic (exact) mass is 210 g/mol. The van der Waals surface area contributed by atoms with Gasteiger partial charge in [-0.25, -0.2) is 0 Å². The van der Waals surface area contributed by atoms with E-state index in [2.05, 4.69) is 10.6 Å². The van der Waals surface area contributed by atoms with Crippen LogP contribution in [0.4, 0.5) is 0 Å². The molecule has 4 heteroatoms. The first-order valence-electron chi connectivity index (χ1n) is 5.26. The van der Waals surface area contributed by atoms with Gasteiger partial charge in [0.05, 0.1) is 6.26 Å². The van der Waals surface area contributed by atoms with E-state index in [0.29, 0.717) is 12.8 Å². The average molecular weight is 210 g/mol. The molecule has 0 radical (unpaired) electrons. The van der Waals surface area contributed by atoms with Crippen molar-refractivity contribution in [2.75, 3.05) is 20.1 Å². The van der Waals surface area contributed by atoms with E-state index < -0.39 is 0 Å². The van der Waals surface area contributed by atoms with E-state index in [4.69, 9.17) is 4.42 Å². The lowest BCUT2D eigenvalue weighted by molar-refractivity contribution is -0.121. The van der Waals surface area contributed by atoms with Gasteiger partial charge in [0.25, 0.3) is 0 Å². The maximum Gasteiger partial charge on any atom is 0.220 e. The molecule has 1 aromatic rings.